The topological polar surface area (TPSA) is 94.3 Å². The normalized spacial score (nSPS) is 9.79. The van der Waals surface area contributed by atoms with Gasteiger partial charge in [0.15, 0.2) is 0 Å². The van der Waals surface area contributed by atoms with E-state index in [-0.39, 0.29) is 19.0 Å². The molecule has 0 aliphatic carbocycles. The van der Waals surface area contributed by atoms with E-state index in [9.17, 15) is 9.59 Å². The molecule has 0 fully saturated rings. The first-order valence-corrected chi connectivity index (χ1v) is 3.92. The Hall–Kier alpha value is -1.92. The van der Waals surface area contributed by atoms with Gasteiger partial charge in [-0.05, 0) is 6.92 Å². The first-order chi connectivity index (χ1) is 6.63. The molecule has 7 nitrogen and oxygen atoms in total. The van der Waals surface area contributed by atoms with Gasteiger partial charge >= 0.3 is 11.9 Å². The summed E-state index contributed by atoms with van der Waals surface area (Å²) in [7, 11) is 0. The number of aromatic nitrogens is 3. The molecule has 1 rings (SSSR count). The molecule has 0 radical (unpaired) electrons. The molecule has 0 aromatic carbocycles. The van der Waals surface area contributed by atoms with Gasteiger partial charge in [-0.15, -0.1) is 5.10 Å². The minimum absolute atomic E-state index is 0.131. The largest absolute Gasteiger partial charge is 0.475 e. The maximum absolute atomic E-state index is 10.9. The zero-order valence-electron chi connectivity index (χ0n) is 7.51. The van der Waals surface area contributed by atoms with E-state index in [4.69, 9.17) is 5.11 Å². The monoisotopic (exact) mass is 199 g/mol. The fourth-order valence-corrected chi connectivity index (χ4v) is 0.808. The van der Waals surface area contributed by atoms with Crippen molar-refractivity contribution in [3.63, 3.8) is 0 Å². The summed E-state index contributed by atoms with van der Waals surface area (Å²) in [5.74, 6) is -2.05. The Morgan fingerprint density at radius 2 is 2.36 bits per heavy atom. The van der Waals surface area contributed by atoms with Crippen LogP contribution in [0.2, 0.25) is 0 Å². The Kier molecular flexibility index (Phi) is 3.16. The maximum atomic E-state index is 10.9. The summed E-state index contributed by atoms with van der Waals surface area (Å²) in [5.41, 5.74) is 0. The van der Waals surface area contributed by atoms with Gasteiger partial charge in [-0.2, -0.15) is 0 Å². The number of esters is 1. The lowest BCUT2D eigenvalue weighted by molar-refractivity contribution is -0.144. The predicted octanol–water partition coefficient (Wildman–Crippen LogP) is -0.461. The Morgan fingerprint density at radius 1 is 1.64 bits per heavy atom. The molecule has 1 N–H and O–H groups in total. The molecule has 0 aliphatic rings. The van der Waals surface area contributed by atoms with Crippen molar-refractivity contribution < 1.29 is 19.4 Å². The second-order valence-electron chi connectivity index (χ2n) is 2.38. The second kappa shape index (κ2) is 4.35. The molecule has 0 bridgehead atoms. The van der Waals surface area contributed by atoms with Crippen molar-refractivity contribution in [1.82, 2.24) is 14.8 Å². The summed E-state index contributed by atoms with van der Waals surface area (Å²) in [4.78, 5) is 24.8. The molecule has 0 unspecified atom stereocenters. The van der Waals surface area contributed by atoms with E-state index in [2.05, 4.69) is 14.8 Å². The van der Waals surface area contributed by atoms with E-state index in [1.165, 1.54) is 6.33 Å². The zero-order chi connectivity index (χ0) is 10.6. The Balaban J connectivity index is 2.59. The molecule has 1 aromatic heterocycles. The third-order valence-corrected chi connectivity index (χ3v) is 1.32. The van der Waals surface area contributed by atoms with Crippen LogP contribution in [0.5, 0.6) is 0 Å². The zero-order valence-corrected chi connectivity index (χ0v) is 7.51. The van der Waals surface area contributed by atoms with Gasteiger partial charge < -0.3 is 9.84 Å². The number of aromatic carboxylic acids is 1. The number of carbonyl (C=O) groups is 2. The Morgan fingerprint density at radius 3 is 2.86 bits per heavy atom. The summed E-state index contributed by atoms with van der Waals surface area (Å²) >= 11 is 0. The van der Waals surface area contributed by atoms with Crippen molar-refractivity contribution in [2.45, 2.75) is 13.5 Å². The number of nitrogens with zero attached hydrogens (tertiary/aromatic N) is 3. The smallest absolute Gasteiger partial charge is 0.375 e. The molecule has 14 heavy (non-hydrogen) atoms. The number of carboxylic acid groups (broad SMARTS) is 1. The van der Waals surface area contributed by atoms with Crippen LogP contribution < -0.4 is 0 Å². The Bertz CT molecular complexity index is 346. The molecule has 1 aromatic rings. The van der Waals surface area contributed by atoms with E-state index < -0.39 is 11.9 Å². The highest BCUT2D eigenvalue weighted by Gasteiger charge is 2.10. The van der Waals surface area contributed by atoms with Gasteiger partial charge in [0.2, 0.25) is 0 Å². The van der Waals surface area contributed by atoms with E-state index in [0.717, 1.165) is 4.68 Å². The van der Waals surface area contributed by atoms with Crippen LogP contribution >= 0.6 is 0 Å². The predicted molar refractivity (Wildman–Crippen MR) is 43.6 cm³/mol. The van der Waals surface area contributed by atoms with E-state index in [0.29, 0.717) is 0 Å². The van der Waals surface area contributed by atoms with E-state index in [1.54, 1.807) is 6.92 Å². The van der Waals surface area contributed by atoms with Crippen LogP contribution in [0.1, 0.15) is 17.5 Å². The molecule has 7 heteroatoms. The number of hydrogen-bond acceptors (Lipinski definition) is 5. The highest BCUT2D eigenvalue weighted by atomic mass is 16.5. The van der Waals surface area contributed by atoms with Crippen LogP contribution in [0.3, 0.4) is 0 Å². The van der Waals surface area contributed by atoms with Crippen molar-refractivity contribution in [3.05, 3.63) is 12.2 Å². The number of hydrogen-bond donors (Lipinski definition) is 1. The molecule has 0 saturated heterocycles. The van der Waals surface area contributed by atoms with Crippen molar-refractivity contribution in [3.8, 4) is 0 Å². The molecule has 0 aliphatic heterocycles. The van der Waals surface area contributed by atoms with Crippen molar-refractivity contribution >= 4 is 11.9 Å². The summed E-state index contributed by atoms with van der Waals surface area (Å²) in [6.07, 6.45) is 1.17. The lowest BCUT2D eigenvalue weighted by Crippen LogP contribution is -2.14. The third-order valence-electron chi connectivity index (χ3n) is 1.32. The fourth-order valence-electron chi connectivity index (χ4n) is 0.808. The van der Waals surface area contributed by atoms with Crippen LogP contribution in [0, 0.1) is 0 Å². The van der Waals surface area contributed by atoms with Crippen molar-refractivity contribution in [2.75, 3.05) is 6.61 Å². The van der Waals surface area contributed by atoms with Gasteiger partial charge in [0, 0.05) is 0 Å². The van der Waals surface area contributed by atoms with Gasteiger partial charge in [0.05, 0.1) is 6.61 Å². The number of carbonyl (C=O) groups excluding carboxylic acids is 1. The fraction of sp³-hybridized carbons (Fsp3) is 0.429. The maximum Gasteiger partial charge on any atom is 0.375 e. The Labute approximate surface area is 79.3 Å². The van der Waals surface area contributed by atoms with Gasteiger partial charge in [0.25, 0.3) is 5.82 Å². The minimum atomic E-state index is -1.23. The molecular weight excluding hydrogens is 190 g/mol. The quantitative estimate of drug-likeness (QED) is 0.659. The molecular formula is C7H9N3O4. The summed E-state index contributed by atoms with van der Waals surface area (Å²) < 4.78 is 5.75. The molecule has 0 spiro atoms. The average Bonchev–Trinajstić information content (AvgIpc) is 2.53. The van der Waals surface area contributed by atoms with Crippen molar-refractivity contribution in [2.24, 2.45) is 0 Å². The average molecular weight is 199 g/mol. The lowest BCUT2D eigenvalue weighted by atomic mass is 10.6. The SMILES string of the molecule is CCOC(=O)Cn1cnc(C(=O)O)n1. The van der Waals surface area contributed by atoms with Gasteiger partial charge in [-0.3, -0.25) is 4.79 Å². The second-order valence-corrected chi connectivity index (χ2v) is 2.38. The molecule has 0 atom stereocenters. The van der Waals surface area contributed by atoms with Crippen LogP contribution in [0.25, 0.3) is 0 Å². The molecule has 0 amide bonds. The van der Waals surface area contributed by atoms with Crippen molar-refractivity contribution in [1.29, 1.82) is 0 Å². The van der Waals surface area contributed by atoms with E-state index in [1.807, 2.05) is 0 Å². The minimum Gasteiger partial charge on any atom is -0.475 e. The summed E-state index contributed by atoms with van der Waals surface area (Å²) in [6.45, 7) is 1.83. The highest BCUT2D eigenvalue weighted by molar-refractivity contribution is 5.82. The first kappa shape index (κ1) is 10.2. The van der Waals surface area contributed by atoms with Crippen LogP contribution in [-0.2, 0) is 16.1 Å². The summed E-state index contributed by atoms with van der Waals surface area (Å²) in [5, 5.41) is 12.0. The highest BCUT2D eigenvalue weighted by Crippen LogP contribution is 1.91. The van der Waals surface area contributed by atoms with E-state index >= 15 is 0 Å². The van der Waals surface area contributed by atoms with Gasteiger partial charge in [-0.25, -0.2) is 14.5 Å². The standard InChI is InChI=1S/C7H9N3O4/c1-2-14-5(11)3-10-4-8-6(9-10)7(12)13/h4H,2-3H2,1H3,(H,12,13). The van der Waals surface area contributed by atoms with Crippen LogP contribution in [0.15, 0.2) is 6.33 Å². The number of rotatable bonds is 4. The summed E-state index contributed by atoms with van der Waals surface area (Å²) in [6, 6.07) is 0. The number of ether oxygens (including phenoxy) is 1. The van der Waals surface area contributed by atoms with Crippen LogP contribution in [0.4, 0.5) is 0 Å². The van der Waals surface area contributed by atoms with Gasteiger partial charge in [-0.1, -0.05) is 0 Å². The molecule has 1 heterocycles. The third kappa shape index (κ3) is 2.54. The van der Waals surface area contributed by atoms with Crippen LogP contribution in [-0.4, -0.2) is 38.4 Å². The molecule has 76 valence electrons. The van der Waals surface area contributed by atoms with Gasteiger partial charge in [0.1, 0.15) is 12.9 Å². The first-order valence-electron chi connectivity index (χ1n) is 3.92. The molecule has 0 saturated carbocycles. The lowest BCUT2D eigenvalue weighted by Gasteiger charge is -1.99. The number of carboxylic acids is 1.